The molecule has 0 fully saturated rings. The molecule has 0 aliphatic carbocycles. The van der Waals surface area contributed by atoms with E-state index in [-0.39, 0.29) is 14.9 Å². The van der Waals surface area contributed by atoms with E-state index in [1.807, 2.05) is 13.0 Å². The first-order chi connectivity index (χ1) is 8.81. The van der Waals surface area contributed by atoms with Crippen molar-refractivity contribution in [2.24, 2.45) is 0 Å². The van der Waals surface area contributed by atoms with Crippen molar-refractivity contribution in [1.82, 2.24) is 4.72 Å². The van der Waals surface area contributed by atoms with Gasteiger partial charge in [0.05, 0.1) is 16.1 Å². The second-order valence-electron chi connectivity index (χ2n) is 3.79. The lowest BCUT2D eigenvalue weighted by Crippen LogP contribution is -2.34. The van der Waals surface area contributed by atoms with Crippen molar-refractivity contribution in [2.45, 2.75) is 30.7 Å². The van der Waals surface area contributed by atoms with E-state index in [1.165, 1.54) is 12.1 Å². The predicted molar refractivity (Wildman–Crippen MR) is 78.8 cm³/mol. The fraction of sp³-hybridized carbons (Fsp3) is 0.364. The Morgan fingerprint density at radius 2 is 1.95 bits per heavy atom. The minimum Gasteiger partial charge on any atom is -0.207 e. The zero-order valence-electron chi connectivity index (χ0n) is 9.95. The van der Waals surface area contributed by atoms with E-state index in [9.17, 15) is 8.42 Å². The number of halogens is 3. The molecular weight excluding hydrogens is 375 g/mol. The van der Waals surface area contributed by atoms with Crippen molar-refractivity contribution in [3.8, 4) is 6.07 Å². The first-order valence-corrected chi connectivity index (χ1v) is 8.41. The third-order valence-electron chi connectivity index (χ3n) is 2.26. The second kappa shape index (κ2) is 6.91. The molecule has 19 heavy (non-hydrogen) atoms. The highest BCUT2D eigenvalue weighted by Crippen LogP contribution is 2.32. The maximum atomic E-state index is 12.2. The van der Waals surface area contributed by atoms with E-state index in [1.54, 1.807) is 0 Å². The normalized spacial score (nSPS) is 13.0. The predicted octanol–water partition coefficient (Wildman–Crippen LogP) is 3.73. The lowest BCUT2D eigenvalue weighted by Gasteiger charge is -2.13. The SMILES string of the molecule is CCCC(C#N)NS(=O)(=O)c1c(Cl)cc(Br)cc1Cl. The van der Waals surface area contributed by atoms with E-state index in [2.05, 4.69) is 20.7 Å². The van der Waals surface area contributed by atoms with E-state index >= 15 is 0 Å². The molecule has 0 saturated heterocycles. The highest BCUT2D eigenvalue weighted by Gasteiger charge is 2.25. The fourth-order valence-electron chi connectivity index (χ4n) is 1.47. The van der Waals surface area contributed by atoms with Gasteiger partial charge in [0, 0.05) is 4.47 Å². The Morgan fingerprint density at radius 3 is 2.37 bits per heavy atom. The molecule has 1 aromatic rings. The summed E-state index contributed by atoms with van der Waals surface area (Å²) in [6.07, 6.45) is 1.10. The molecule has 0 spiro atoms. The smallest absolute Gasteiger partial charge is 0.207 e. The Labute approximate surface area is 130 Å². The topological polar surface area (TPSA) is 70.0 Å². The van der Waals surface area contributed by atoms with Crippen molar-refractivity contribution in [2.75, 3.05) is 0 Å². The molecule has 0 radical (unpaired) electrons. The monoisotopic (exact) mass is 384 g/mol. The van der Waals surface area contributed by atoms with Gasteiger partial charge in [-0.15, -0.1) is 0 Å². The maximum absolute atomic E-state index is 12.2. The van der Waals surface area contributed by atoms with Crippen LogP contribution in [0.3, 0.4) is 0 Å². The number of nitrogens with zero attached hydrogens (tertiary/aromatic N) is 1. The summed E-state index contributed by atoms with van der Waals surface area (Å²) in [6.45, 7) is 1.86. The summed E-state index contributed by atoms with van der Waals surface area (Å²) in [6, 6.07) is 3.96. The molecule has 104 valence electrons. The van der Waals surface area contributed by atoms with Crippen LogP contribution in [0.25, 0.3) is 0 Å². The molecule has 1 unspecified atom stereocenters. The minimum atomic E-state index is -3.93. The molecule has 0 saturated carbocycles. The van der Waals surface area contributed by atoms with Crippen LogP contribution >= 0.6 is 39.1 Å². The van der Waals surface area contributed by atoms with Crippen LogP contribution in [0.2, 0.25) is 10.0 Å². The van der Waals surface area contributed by atoms with Gasteiger partial charge in [0.25, 0.3) is 0 Å². The summed E-state index contributed by atoms with van der Waals surface area (Å²) in [5, 5.41) is 8.90. The maximum Gasteiger partial charge on any atom is 0.244 e. The summed E-state index contributed by atoms with van der Waals surface area (Å²) in [4.78, 5) is -0.213. The average molecular weight is 386 g/mol. The van der Waals surface area contributed by atoms with Crippen LogP contribution in [-0.2, 0) is 10.0 Å². The van der Waals surface area contributed by atoms with E-state index in [4.69, 9.17) is 28.5 Å². The lowest BCUT2D eigenvalue weighted by molar-refractivity contribution is 0.563. The van der Waals surface area contributed by atoms with Crippen LogP contribution in [0.4, 0.5) is 0 Å². The minimum absolute atomic E-state index is 0.0000586. The molecule has 0 amide bonds. The zero-order valence-corrected chi connectivity index (χ0v) is 13.9. The summed E-state index contributed by atoms with van der Waals surface area (Å²) in [7, 11) is -3.93. The number of hydrogen-bond donors (Lipinski definition) is 1. The van der Waals surface area contributed by atoms with Crippen LogP contribution in [0, 0.1) is 11.3 Å². The Kier molecular flexibility index (Phi) is 6.09. The number of nitriles is 1. The summed E-state index contributed by atoms with van der Waals surface area (Å²) < 4.78 is 27.2. The van der Waals surface area contributed by atoms with Crippen molar-refractivity contribution in [1.29, 1.82) is 5.26 Å². The van der Waals surface area contributed by atoms with Gasteiger partial charge in [0.2, 0.25) is 10.0 Å². The van der Waals surface area contributed by atoms with Gasteiger partial charge < -0.3 is 0 Å². The molecule has 0 aliphatic rings. The molecule has 0 heterocycles. The van der Waals surface area contributed by atoms with Gasteiger partial charge in [-0.2, -0.15) is 9.98 Å². The quantitative estimate of drug-likeness (QED) is 0.839. The molecular formula is C11H11BrCl2N2O2S. The largest absolute Gasteiger partial charge is 0.244 e. The summed E-state index contributed by atoms with van der Waals surface area (Å²) in [5.41, 5.74) is 0. The van der Waals surface area contributed by atoms with Crippen molar-refractivity contribution in [3.63, 3.8) is 0 Å². The number of benzene rings is 1. The third-order valence-corrected chi connectivity index (χ3v) is 5.11. The van der Waals surface area contributed by atoms with Gasteiger partial charge in [0.15, 0.2) is 0 Å². The first-order valence-electron chi connectivity index (χ1n) is 5.38. The molecule has 4 nitrogen and oxygen atoms in total. The summed E-state index contributed by atoms with van der Waals surface area (Å²) in [5.74, 6) is 0. The Morgan fingerprint density at radius 1 is 1.42 bits per heavy atom. The Bertz CT molecular complexity index is 591. The zero-order chi connectivity index (χ0) is 14.6. The van der Waals surface area contributed by atoms with Crippen LogP contribution < -0.4 is 4.72 Å². The van der Waals surface area contributed by atoms with E-state index in [0.717, 1.165) is 0 Å². The Hall–Kier alpha value is -0.320. The first kappa shape index (κ1) is 16.7. The third kappa shape index (κ3) is 4.33. The van der Waals surface area contributed by atoms with Crippen molar-refractivity contribution < 1.29 is 8.42 Å². The molecule has 1 N–H and O–H groups in total. The van der Waals surface area contributed by atoms with Crippen LogP contribution in [0.15, 0.2) is 21.5 Å². The highest BCUT2D eigenvalue weighted by molar-refractivity contribution is 9.10. The fourth-order valence-corrected chi connectivity index (χ4v) is 4.58. The highest BCUT2D eigenvalue weighted by atomic mass is 79.9. The van der Waals surface area contributed by atoms with Crippen molar-refractivity contribution >= 4 is 49.2 Å². The van der Waals surface area contributed by atoms with Gasteiger partial charge in [-0.3, -0.25) is 0 Å². The van der Waals surface area contributed by atoms with Gasteiger partial charge in [-0.25, -0.2) is 8.42 Å². The molecule has 8 heteroatoms. The lowest BCUT2D eigenvalue weighted by atomic mass is 10.2. The van der Waals surface area contributed by atoms with E-state index < -0.39 is 16.1 Å². The summed E-state index contributed by atoms with van der Waals surface area (Å²) >= 11 is 15.0. The van der Waals surface area contributed by atoms with Crippen LogP contribution in [-0.4, -0.2) is 14.5 Å². The Balaban J connectivity index is 3.18. The molecule has 0 aromatic heterocycles. The number of sulfonamides is 1. The van der Waals surface area contributed by atoms with E-state index in [0.29, 0.717) is 17.3 Å². The number of rotatable bonds is 5. The van der Waals surface area contributed by atoms with Gasteiger partial charge >= 0.3 is 0 Å². The molecule has 1 atom stereocenters. The van der Waals surface area contributed by atoms with Gasteiger partial charge in [0.1, 0.15) is 10.9 Å². The second-order valence-corrected chi connectivity index (χ2v) is 7.17. The van der Waals surface area contributed by atoms with Gasteiger partial charge in [-0.1, -0.05) is 52.5 Å². The number of nitrogens with one attached hydrogen (secondary N) is 1. The molecule has 1 aromatic carbocycles. The van der Waals surface area contributed by atoms with Gasteiger partial charge in [-0.05, 0) is 18.6 Å². The number of hydrogen-bond acceptors (Lipinski definition) is 3. The molecule has 1 rings (SSSR count). The van der Waals surface area contributed by atoms with Crippen LogP contribution in [0.1, 0.15) is 19.8 Å². The van der Waals surface area contributed by atoms with Crippen molar-refractivity contribution in [3.05, 3.63) is 26.7 Å². The molecule has 0 bridgehead atoms. The average Bonchev–Trinajstić information content (AvgIpc) is 2.25. The molecule has 0 aliphatic heterocycles. The standard InChI is InChI=1S/C11H11BrCl2N2O2S/c1-2-3-8(6-15)16-19(17,18)11-9(13)4-7(12)5-10(11)14/h4-5,8,16H,2-3H2,1H3. The van der Waals surface area contributed by atoms with Crippen LogP contribution in [0.5, 0.6) is 0 Å².